The van der Waals surface area contributed by atoms with Crippen LogP contribution in [0, 0.1) is 0 Å². The van der Waals surface area contributed by atoms with Gasteiger partial charge in [-0.15, -0.1) is 0 Å². The van der Waals surface area contributed by atoms with Crippen LogP contribution in [0.1, 0.15) is 18.7 Å². The fraction of sp³-hybridized carbons (Fsp3) is 0.333. The molecule has 0 spiro atoms. The lowest BCUT2D eigenvalue weighted by molar-refractivity contribution is -0.00294. The van der Waals surface area contributed by atoms with Crippen LogP contribution >= 0.6 is 0 Å². The normalized spacial score (nSPS) is 15.5. The van der Waals surface area contributed by atoms with Crippen LogP contribution in [0.2, 0.25) is 0 Å². The summed E-state index contributed by atoms with van der Waals surface area (Å²) < 4.78 is 11.2. The van der Waals surface area contributed by atoms with Gasteiger partial charge in [-0.3, -0.25) is 4.98 Å². The van der Waals surface area contributed by atoms with E-state index in [2.05, 4.69) is 15.1 Å². The molecule has 2 aromatic heterocycles. The van der Waals surface area contributed by atoms with E-state index in [0.29, 0.717) is 37.6 Å². The molecule has 1 N–H and O–H groups in total. The van der Waals surface area contributed by atoms with Gasteiger partial charge in [0, 0.05) is 24.7 Å². The van der Waals surface area contributed by atoms with E-state index in [1.54, 1.807) is 6.20 Å². The second-order valence-corrected chi connectivity index (χ2v) is 6.17. The van der Waals surface area contributed by atoms with E-state index >= 15 is 0 Å². The van der Waals surface area contributed by atoms with Crippen LogP contribution in [0.4, 0.5) is 4.79 Å². The predicted octanol–water partition coefficient (Wildman–Crippen LogP) is 2.94. The molecule has 1 aromatic carbocycles. The van der Waals surface area contributed by atoms with Gasteiger partial charge in [-0.25, -0.2) is 4.79 Å². The molecule has 0 saturated carbocycles. The van der Waals surface area contributed by atoms with Gasteiger partial charge in [0.2, 0.25) is 0 Å². The number of para-hydroxylation sites is 1. The molecule has 0 unspecified atom stereocenters. The first kappa shape index (κ1) is 16.5. The third-order valence-electron chi connectivity index (χ3n) is 4.51. The van der Waals surface area contributed by atoms with Crippen molar-refractivity contribution in [1.29, 1.82) is 0 Å². The van der Waals surface area contributed by atoms with Crippen molar-refractivity contribution < 1.29 is 19.2 Å². The maximum Gasteiger partial charge on any atom is 0.407 e. The van der Waals surface area contributed by atoms with Crippen molar-refractivity contribution in [1.82, 2.24) is 20.0 Å². The maximum atomic E-state index is 10.9. The molecule has 3 aromatic rings. The number of rotatable bonds is 4. The minimum Gasteiger partial charge on any atom is -0.465 e. The number of pyridine rings is 1. The van der Waals surface area contributed by atoms with Gasteiger partial charge in [-0.1, -0.05) is 23.4 Å². The van der Waals surface area contributed by atoms with Crippen molar-refractivity contribution in [3.8, 4) is 11.5 Å². The number of piperidine rings is 1. The van der Waals surface area contributed by atoms with Crippen LogP contribution in [0.3, 0.4) is 0 Å². The molecule has 1 fully saturated rings. The monoisotopic (exact) mass is 354 g/mol. The molecule has 1 aliphatic rings. The number of likely N-dealkylation sites (tertiary alicyclic amines) is 1. The zero-order chi connectivity index (χ0) is 17.9. The number of amides is 1. The molecule has 134 valence electrons. The molecule has 1 aliphatic heterocycles. The molecular formula is C18H18N4O4. The van der Waals surface area contributed by atoms with Gasteiger partial charge in [0.25, 0.3) is 5.89 Å². The molecule has 8 heteroatoms. The van der Waals surface area contributed by atoms with E-state index in [4.69, 9.17) is 14.4 Å². The molecule has 1 amide bonds. The lowest BCUT2D eigenvalue weighted by Gasteiger charge is -2.29. The zero-order valence-corrected chi connectivity index (χ0v) is 14.0. The van der Waals surface area contributed by atoms with Gasteiger partial charge in [0.15, 0.2) is 5.82 Å². The average molecular weight is 354 g/mol. The lowest BCUT2D eigenvalue weighted by atomic mass is 10.1. The summed E-state index contributed by atoms with van der Waals surface area (Å²) in [5, 5.41) is 13.9. The third kappa shape index (κ3) is 3.36. The van der Waals surface area contributed by atoms with Gasteiger partial charge in [0.1, 0.15) is 6.61 Å². The average Bonchev–Trinajstić information content (AvgIpc) is 3.15. The van der Waals surface area contributed by atoms with E-state index in [1.165, 1.54) is 4.90 Å². The van der Waals surface area contributed by atoms with Crippen molar-refractivity contribution >= 4 is 17.0 Å². The maximum absolute atomic E-state index is 10.9. The van der Waals surface area contributed by atoms with Crippen molar-refractivity contribution in [2.24, 2.45) is 0 Å². The van der Waals surface area contributed by atoms with Crippen LogP contribution in [-0.4, -0.2) is 50.4 Å². The lowest BCUT2D eigenvalue weighted by Crippen LogP contribution is -2.40. The molecule has 0 bridgehead atoms. The standard InChI is InChI=1S/C18H18N4O4/c23-18(24)22-9-6-12(7-10-22)25-11-16-20-17(26-21-16)14-5-8-19-15-4-2-1-3-13(14)15/h1-5,8,12H,6-7,9-11H2,(H,23,24). The summed E-state index contributed by atoms with van der Waals surface area (Å²) in [7, 11) is 0. The second-order valence-electron chi connectivity index (χ2n) is 6.17. The number of fused-ring (bicyclic) bond motifs is 1. The number of hydrogen-bond donors (Lipinski definition) is 1. The van der Waals surface area contributed by atoms with Crippen LogP contribution < -0.4 is 0 Å². The smallest absolute Gasteiger partial charge is 0.407 e. The van der Waals surface area contributed by atoms with Crippen molar-refractivity contribution in [3.63, 3.8) is 0 Å². The van der Waals surface area contributed by atoms with Crippen LogP contribution in [0.5, 0.6) is 0 Å². The third-order valence-corrected chi connectivity index (χ3v) is 4.51. The molecule has 0 atom stereocenters. The van der Waals surface area contributed by atoms with E-state index in [0.717, 1.165) is 16.5 Å². The van der Waals surface area contributed by atoms with E-state index in [9.17, 15) is 4.79 Å². The Kier molecular flexibility index (Phi) is 4.49. The highest BCUT2D eigenvalue weighted by Gasteiger charge is 2.23. The second kappa shape index (κ2) is 7.09. The summed E-state index contributed by atoms with van der Waals surface area (Å²) in [5.74, 6) is 0.907. The Hall–Kier alpha value is -3.00. The van der Waals surface area contributed by atoms with Gasteiger partial charge >= 0.3 is 6.09 Å². The van der Waals surface area contributed by atoms with Crippen LogP contribution in [-0.2, 0) is 11.3 Å². The predicted molar refractivity (Wildman–Crippen MR) is 92.4 cm³/mol. The summed E-state index contributed by atoms with van der Waals surface area (Å²) >= 11 is 0. The molecular weight excluding hydrogens is 336 g/mol. The fourth-order valence-corrected chi connectivity index (χ4v) is 3.11. The fourth-order valence-electron chi connectivity index (χ4n) is 3.11. The summed E-state index contributed by atoms with van der Waals surface area (Å²) in [6, 6.07) is 9.62. The largest absolute Gasteiger partial charge is 0.465 e. The minimum absolute atomic E-state index is 0.00862. The van der Waals surface area contributed by atoms with E-state index in [1.807, 2.05) is 30.3 Å². The first-order valence-corrected chi connectivity index (χ1v) is 8.47. The number of nitrogens with zero attached hydrogens (tertiary/aromatic N) is 4. The number of carboxylic acid groups (broad SMARTS) is 1. The Morgan fingerprint density at radius 3 is 2.88 bits per heavy atom. The number of benzene rings is 1. The molecule has 3 heterocycles. The van der Waals surface area contributed by atoms with Gasteiger partial charge in [-0.05, 0) is 25.0 Å². The quantitative estimate of drug-likeness (QED) is 0.768. The highest BCUT2D eigenvalue weighted by Crippen LogP contribution is 2.26. The molecule has 4 rings (SSSR count). The number of hydrogen-bond acceptors (Lipinski definition) is 6. The Bertz CT molecular complexity index is 913. The number of ether oxygens (including phenoxy) is 1. The van der Waals surface area contributed by atoms with Gasteiger partial charge in [-0.2, -0.15) is 4.98 Å². The molecule has 8 nitrogen and oxygen atoms in total. The summed E-state index contributed by atoms with van der Waals surface area (Å²) in [6.45, 7) is 1.21. The summed E-state index contributed by atoms with van der Waals surface area (Å²) in [5.41, 5.74) is 1.70. The van der Waals surface area contributed by atoms with Crippen LogP contribution in [0.15, 0.2) is 41.1 Å². The highest BCUT2D eigenvalue weighted by atomic mass is 16.5. The van der Waals surface area contributed by atoms with Crippen molar-refractivity contribution in [2.45, 2.75) is 25.6 Å². The van der Waals surface area contributed by atoms with E-state index in [-0.39, 0.29) is 12.7 Å². The zero-order valence-electron chi connectivity index (χ0n) is 14.0. The Labute approximate surface area is 149 Å². The first-order chi connectivity index (χ1) is 12.7. The summed E-state index contributed by atoms with van der Waals surface area (Å²) in [4.78, 5) is 21.1. The van der Waals surface area contributed by atoms with Gasteiger partial charge in [0.05, 0.1) is 17.2 Å². The first-order valence-electron chi connectivity index (χ1n) is 8.47. The van der Waals surface area contributed by atoms with Crippen molar-refractivity contribution in [2.75, 3.05) is 13.1 Å². The molecule has 1 saturated heterocycles. The Morgan fingerprint density at radius 2 is 2.08 bits per heavy atom. The van der Waals surface area contributed by atoms with Crippen LogP contribution in [0.25, 0.3) is 22.4 Å². The Balaban J connectivity index is 1.42. The number of carbonyl (C=O) groups is 1. The topological polar surface area (TPSA) is 102 Å². The van der Waals surface area contributed by atoms with E-state index < -0.39 is 6.09 Å². The van der Waals surface area contributed by atoms with Gasteiger partial charge < -0.3 is 19.3 Å². The molecule has 0 aliphatic carbocycles. The highest BCUT2D eigenvalue weighted by molar-refractivity contribution is 5.91. The summed E-state index contributed by atoms with van der Waals surface area (Å²) in [6.07, 6.45) is 2.19. The minimum atomic E-state index is -0.879. The molecule has 26 heavy (non-hydrogen) atoms. The molecule has 0 radical (unpaired) electrons. The number of aromatic nitrogens is 3. The SMILES string of the molecule is O=C(O)N1CCC(OCc2noc(-c3ccnc4ccccc34)n2)CC1. The Morgan fingerprint density at radius 1 is 1.27 bits per heavy atom. The van der Waals surface area contributed by atoms with Crippen molar-refractivity contribution in [3.05, 3.63) is 42.4 Å².